The van der Waals surface area contributed by atoms with Gasteiger partial charge in [0.2, 0.25) is 5.78 Å². The van der Waals surface area contributed by atoms with Crippen molar-refractivity contribution in [2.75, 3.05) is 11.4 Å². The van der Waals surface area contributed by atoms with Gasteiger partial charge in [0, 0.05) is 23.9 Å². The first kappa shape index (κ1) is 17.1. The van der Waals surface area contributed by atoms with Crippen LogP contribution in [0, 0.1) is 6.92 Å². The van der Waals surface area contributed by atoms with E-state index in [2.05, 4.69) is 21.2 Å². The highest BCUT2D eigenvalue weighted by Gasteiger charge is 2.40. The van der Waals surface area contributed by atoms with Crippen LogP contribution >= 0.6 is 0 Å². The van der Waals surface area contributed by atoms with Gasteiger partial charge in [-0.1, -0.05) is 29.4 Å². The van der Waals surface area contributed by atoms with Crippen LogP contribution in [-0.4, -0.2) is 33.6 Å². The topological polar surface area (TPSA) is 67.7 Å². The molecule has 0 bridgehead atoms. The molecule has 1 aromatic carbocycles. The van der Waals surface area contributed by atoms with Gasteiger partial charge in [-0.2, -0.15) is 0 Å². The number of Topliss-reactive ketones (excluding diaryl/α,β-unsaturated/α-hetero) is 1. The van der Waals surface area contributed by atoms with Crippen molar-refractivity contribution in [3.8, 4) is 11.3 Å². The van der Waals surface area contributed by atoms with Crippen molar-refractivity contribution in [3.63, 3.8) is 0 Å². The van der Waals surface area contributed by atoms with Crippen molar-refractivity contribution in [1.29, 1.82) is 0 Å². The first-order valence-corrected chi connectivity index (χ1v) is 8.80. The maximum Gasteiger partial charge on any atom is 0.230 e. The number of aryl methyl sites for hydroxylation is 1. The summed E-state index contributed by atoms with van der Waals surface area (Å²) >= 11 is 0. The largest absolute Gasteiger partial charge is 0.381 e. The van der Waals surface area contributed by atoms with E-state index >= 15 is 0 Å². The Labute approximate surface area is 157 Å². The lowest BCUT2D eigenvalue weighted by molar-refractivity contribution is -0.128. The van der Waals surface area contributed by atoms with E-state index in [4.69, 9.17) is 4.84 Å². The first-order valence-electron chi connectivity index (χ1n) is 8.80. The number of rotatable bonds is 3. The van der Waals surface area contributed by atoms with Crippen molar-refractivity contribution in [2.45, 2.75) is 26.4 Å². The second kappa shape index (κ2) is 6.46. The molecule has 2 aromatic rings. The highest BCUT2D eigenvalue weighted by Crippen LogP contribution is 2.27. The number of hydrogen-bond donors (Lipinski definition) is 0. The van der Waals surface area contributed by atoms with Crippen LogP contribution in [0.15, 0.2) is 60.2 Å². The van der Waals surface area contributed by atoms with E-state index in [-0.39, 0.29) is 5.78 Å². The third-order valence-corrected chi connectivity index (χ3v) is 4.66. The summed E-state index contributed by atoms with van der Waals surface area (Å²) in [7, 11) is 0. The van der Waals surface area contributed by atoms with Crippen LogP contribution in [0.3, 0.4) is 0 Å². The fraction of sp³-hybridized carbons (Fsp3) is 0.238. The molecule has 0 amide bonds. The first-order chi connectivity index (χ1) is 13.0. The van der Waals surface area contributed by atoms with Gasteiger partial charge in [0.1, 0.15) is 0 Å². The van der Waals surface area contributed by atoms with Crippen LogP contribution in [-0.2, 0) is 9.63 Å². The molecule has 2 aliphatic heterocycles. The molecule has 3 heterocycles. The third-order valence-electron chi connectivity index (χ3n) is 4.66. The molecule has 0 unspecified atom stereocenters. The van der Waals surface area contributed by atoms with Crippen LogP contribution < -0.4 is 4.90 Å². The van der Waals surface area contributed by atoms with Crippen LogP contribution in [0.4, 0.5) is 5.82 Å². The van der Waals surface area contributed by atoms with E-state index in [1.54, 1.807) is 26.2 Å². The van der Waals surface area contributed by atoms with Crippen molar-refractivity contribution in [3.05, 3.63) is 66.1 Å². The number of anilines is 1. The Balaban J connectivity index is 1.65. The molecular weight excluding hydrogens is 340 g/mol. The number of hydrogen-bond acceptors (Lipinski definition) is 6. The molecule has 2 aliphatic rings. The lowest BCUT2D eigenvalue weighted by atomic mass is 9.93. The lowest BCUT2D eigenvalue weighted by Gasteiger charge is -2.19. The molecule has 0 saturated carbocycles. The number of oxime groups is 1. The molecule has 6 heteroatoms. The van der Waals surface area contributed by atoms with E-state index in [0.717, 1.165) is 34.7 Å². The molecular formula is C21H20N4O2. The Bertz CT molecular complexity index is 988. The summed E-state index contributed by atoms with van der Waals surface area (Å²) in [5.74, 6) is 0.669. The van der Waals surface area contributed by atoms with Crippen LogP contribution in [0.5, 0.6) is 0 Å². The van der Waals surface area contributed by atoms with E-state index in [1.165, 1.54) is 0 Å². The zero-order chi connectivity index (χ0) is 19.0. The Morgan fingerprint density at radius 3 is 2.63 bits per heavy atom. The molecule has 0 N–H and O–H groups in total. The molecule has 4 rings (SSSR count). The smallest absolute Gasteiger partial charge is 0.230 e. The van der Waals surface area contributed by atoms with E-state index in [9.17, 15) is 4.79 Å². The summed E-state index contributed by atoms with van der Waals surface area (Å²) in [6, 6.07) is 5.76. The molecule has 0 saturated heterocycles. The van der Waals surface area contributed by atoms with Gasteiger partial charge in [-0.15, -0.1) is 0 Å². The van der Waals surface area contributed by atoms with Gasteiger partial charge >= 0.3 is 0 Å². The number of allylic oxidation sites excluding steroid dienone is 2. The Morgan fingerprint density at radius 2 is 2.00 bits per heavy atom. The molecule has 0 atom stereocenters. The minimum absolute atomic E-state index is 0.122. The van der Waals surface area contributed by atoms with Crippen LogP contribution in [0.25, 0.3) is 11.3 Å². The standard InChI is InChI=1S/C21H20N4O2/c1-14-7-8-15(19-20(26)21(2,3)27-24-19)11-16(14)17-12-23-18(13-22-17)25-9-5-4-6-10-25/h4-9,11-13H,10H2,1-3H3. The molecule has 1 aromatic heterocycles. The second-order valence-electron chi connectivity index (χ2n) is 7.08. The summed E-state index contributed by atoms with van der Waals surface area (Å²) in [5, 5.41) is 3.99. The van der Waals surface area contributed by atoms with E-state index in [0.29, 0.717) is 5.71 Å². The monoisotopic (exact) mass is 360 g/mol. The predicted molar refractivity (Wildman–Crippen MR) is 105 cm³/mol. The van der Waals surface area contributed by atoms with Crippen LogP contribution in [0.2, 0.25) is 0 Å². The van der Waals surface area contributed by atoms with Gasteiger partial charge in [0.15, 0.2) is 17.1 Å². The Morgan fingerprint density at radius 1 is 1.15 bits per heavy atom. The SMILES string of the molecule is Cc1ccc(C2=NOC(C)(C)C2=O)cc1-c1cnc(N2C=CC=CC2)cn1. The van der Waals surface area contributed by atoms with Crippen molar-refractivity contribution < 1.29 is 9.63 Å². The minimum atomic E-state index is -0.918. The van der Waals surface area contributed by atoms with Gasteiger partial charge in [0.25, 0.3) is 0 Å². The molecule has 136 valence electrons. The number of carbonyl (C=O) groups excluding carboxylic acids is 1. The van der Waals surface area contributed by atoms with Gasteiger partial charge in [0.05, 0.1) is 18.1 Å². The zero-order valence-corrected chi connectivity index (χ0v) is 15.5. The van der Waals surface area contributed by atoms with Crippen LogP contribution in [0.1, 0.15) is 25.0 Å². The third kappa shape index (κ3) is 3.14. The second-order valence-corrected chi connectivity index (χ2v) is 7.08. The van der Waals surface area contributed by atoms with Crippen molar-refractivity contribution in [1.82, 2.24) is 9.97 Å². The maximum atomic E-state index is 12.5. The zero-order valence-electron chi connectivity index (χ0n) is 15.5. The summed E-state index contributed by atoms with van der Waals surface area (Å²) in [6.07, 6.45) is 11.5. The average molecular weight is 360 g/mol. The molecule has 0 fully saturated rings. The van der Waals surface area contributed by atoms with Gasteiger partial charge < -0.3 is 9.74 Å². The number of carbonyl (C=O) groups is 1. The minimum Gasteiger partial charge on any atom is -0.381 e. The highest BCUT2D eigenvalue weighted by molar-refractivity contribution is 6.49. The van der Waals surface area contributed by atoms with Gasteiger partial charge in [-0.25, -0.2) is 4.98 Å². The van der Waals surface area contributed by atoms with Crippen molar-refractivity contribution in [2.24, 2.45) is 5.16 Å². The highest BCUT2D eigenvalue weighted by atomic mass is 16.7. The number of aromatic nitrogens is 2. The van der Waals surface area contributed by atoms with E-state index in [1.807, 2.05) is 48.4 Å². The lowest BCUT2D eigenvalue weighted by Crippen LogP contribution is -2.33. The fourth-order valence-electron chi connectivity index (χ4n) is 3.00. The average Bonchev–Trinajstić information content (AvgIpc) is 2.96. The Kier molecular flexibility index (Phi) is 4.11. The summed E-state index contributed by atoms with van der Waals surface area (Å²) < 4.78 is 0. The summed E-state index contributed by atoms with van der Waals surface area (Å²) in [5.41, 5.74) is 2.87. The van der Waals surface area contributed by atoms with Crippen molar-refractivity contribution >= 4 is 17.3 Å². The van der Waals surface area contributed by atoms with Gasteiger partial charge in [-0.3, -0.25) is 9.78 Å². The van der Waals surface area contributed by atoms with E-state index < -0.39 is 5.60 Å². The summed E-state index contributed by atoms with van der Waals surface area (Å²) in [4.78, 5) is 28.9. The molecule has 27 heavy (non-hydrogen) atoms. The van der Waals surface area contributed by atoms with Gasteiger partial charge in [-0.05, 0) is 38.5 Å². The number of nitrogens with zero attached hydrogens (tertiary/aromatic N) is 4. The molecule has 0 radical (unpaired) electrons. The fourth-order valence-corrected chi connectivity index (χ4v) is 3.00. The number of benzene rings is 1. The maximum absolute atomic E-state index is 12.5. The normalized spacial score (nSPS) is 17.8. The quantitative estimate of drug-likeness (QED) is 0.839. The predicted octanol–water partition coefficient (Wildman–Crippen LogP) is 3.42. The molecule has 6 nitrogen and oxygen atoms in total. The molecule has 0 aliphatic carbocycles. The summed E-state index contributed by atoms with van der Waals surface area (Å²) in [6.45, 7) is 6.22. The molecule has 0 spiro atoms. The Hall–Kier alpha value is -3.28. The number of ketones is 1.